The van der Waals surface area contributed by atoms with Crippen LogP contribution >= 0.6 is 0 Å². The quantitative estimate of drug-likeness (QED) is 0.581. The maximum absolute atomic E-state index is 11.9. The van der Waals surface area contributed by atoms with Gasteiger partial charge in [0.25, 0.3) is 5.91 Å². The highest BCUT2D eigenvalue weighted by atomic mass is 16.2. The fraction of sp³-hybridized carbons (Fsp3) is 0.364. The second-order valence-electron chi connectivity index (χ2n) is 3.51. The molecule has 0 aliphatic heterocycles. The second kappa shape index (κ2) is 4.79. The van der Waals surface area contributed by atoms with Crippen molar-refractivity contribution < 1.29 is 4.79 Å². The zero-order valence-electron chi connectivity index (χ0n) is 9.37. The van der Waals surface area contributed by atoms with Crippen LogP contribution in [0, 0.1) is 6.92 Å². The lowest BCUT2D eigenvalue weighted by Gasteiger charge is -2.17. The molecule has 0 unspecified atom stereocenters. The van der Waals surface area contributed by atoms with E-state index in [-0.39, 0.29) is 5.91 Å². The van der Waals surface area contributed by atoms with Crippen molar-refractivity contribution >= 4 is 11.6 Å². The zero-order valence-corrected chi connectivity index (χ0v) is 9.37. The highest BCUT2D eigenvalue weighted by Gasteiger charge is 2.13. The van der Waals surface area contributed by atoms with Gasteiger partial charge in [0.15, 0.2) is 0 Å². The Bertz CT molecular complexity index is 363. The van der Waals surface area contributed by atoms with E-state index in [2.05, 4.69) is 5.43 Å². The second-order valence-corrected chi connectivity index (χ2v) is 3.51. The Morgan fingerprint density at radius 1 is 1.53 bits per heavy atom. The van der Waals surface area contributed by atoms with Gasteiger partial charge in [0.2, 0.25) is 0 Å². The molecule has 0 aliphatic rings. The third-order valence-corrected chi connectivity index (χ3v) is 2.38. The van der Waals surface area contributed by atoms with Crippen molar-refractivity contribution in [2.24, 2.45) is 5.84 Å². The number of hydrazine groups is 1. The van der Waals surface area contributed by atoms with Gasteiger partial charge in [-0.25, -0.2) is 0 Å². The van der Waals surface area contributed by atoms with Crippen molar-refractivity contribution in [1.82, 2.24) is 4.90 Å². The van der Waals surface area contributed by atoms with Crippen LogP contribution in [0.25, 0.3) is 0 Å². The number of nitrogens with zero attached hydrogens (tertiary/aromatic N) is 1. The summed E-state index contributed by atoms with van der Waals surface area (Å²) in [5.41, 5.74) is 4.89. The summed E-state index contributed by atoms with van der Waals surface area (Å²) in [5.74, 6) is 5.36. The summed E-state index contributed by atoms with van der Waals surface area (Å²) in [4.78, 5) is 13.5. The summed E-state index contributed by atoms with van der Waals surface area (Å²) in [6.07, 6.45) is 0. The Kier molecular flexibility index (Phi) is 3.68. The number of nitrogen functional groups attached to an aromatic ring is 1. The van der Waals surface area contributed by atoms with Crippen LogP contribution in [0.2, 0.25) is 0 Å². The summed E-state index contributed by atoms with van der Waals surface area (Å²) in [6, 6.07) is 5.55. The zero-order chi connectivity index (χ0) is 11.4. The average Bonchev–Trinajstić information content (AvgIpc) is 2.26. The van der Waals surface area contributed by atoms with Crippen LogP contribution < -0.4 is 11.3 Å². The van der Waals surface area contributed by atoms with Crippen LogP contribution in [0.3, 0.4) is 0 Å². The smallest absolute Gasteiger partial charge is 0.255 e. The molecule has 0 aliphatic carbocycles. The number of benzene rings is 1. The van der Waals surface area contributed by atoms with E-state index in [1.165, 1.54) is 0 Å². The molecule has 0 aromatic heterocycles. The maximum Gasteiger partial charge on any atom is 0.255 e. The molecule has 0 radical (unpaired) electrons. The topological polar surface area (TPSA) is 58.4 Å². The minimum Gasteiger partial charge on any atom is -0.342 e. The van der Waals surface area contributed by atoms with Gasteiger partial charge in [-0.1, -0.05) is 6.07 Å². The number of rotatable bonds is 3. The number of aryl methyl sites for hydroxylation is 1. The fourth-order valence-electron chi connectivity index (χ4n) is 1.31. The van der Waals surface area contributed by atoms with Gasteiger partial charge in [-0.3, -0.25) is 10.6 Å². The molecule has 0 bridgehead atoms. The minimum atomic E-state index is -0.0227. The molecule has 4 heteroatoms. The largest absolute Gasteiger partial charge is 0.342 e. The third kappa shape index (κ3) is 2.47. The van der Waals surface area contributed by atoms with Crippen molar-refractivity contribution in [2.45, 2.75) is 13.8 Å². The number of carbonyl (C=O) groups is 1. The van der Waals surface area contributed by atoms with Crippen LogP contribution in [-0.2, 0) is 0 Å². The first-order valence-electron chi connectivity index (χ1n) is 4.92. The molecule has 0 saturated heterocycles. The number of hydrogen-bond donors (Lipinski definition) is 2. The Morgan fingerprint density at radius 3 is 2.73 bits per heavy atom. The van der Waals surface area contributed by atoms with E-state index in [0.717, 1.165) is 5.56 Å². The van der Waals surface area contributed by atoms with Crippen molar-refractivity contribution in [3.8, 4) is 0 Å². The van der Waals surface area contributed by atoms with Crippen LogP contribution in [0.15, 0.2) is 18.2 Å². The van der Waals surface area contributed by atoms with E-state index < -0.39 is 0 Å². The number of anilines is 1. The van der Waals surface area contributed by atoms with Gasteiger partial charge in [-0.15, -0.1) is 0 Å². The summed E-state index contributed by atoms with van der Waals surface area (Å²) in [7, 11) is 1.77. The number of nitrogens with two attached hydrogens (primary N) is 1. The third-order valence-electron chi connectivity index (χ3n) is 2.38. The predicted octanol–water partition coefficient (Wildman–Crippen LogP) is 1.37. The lowest BCUT2D eigenvalue weighted by molar-refractivity contribution is 0.0803. The molecular formula is C11H17N3O. The van der Waals surface area contributed by atoms with E-state index in [9.17, 15) is 4.79 Å². The van der Waals surface area contributed by atoms with Crippen LogP contribution in [0.5, 0.6) is 0 Å². The molecule has 1 rings (SSSR count). The van der Waals surface area contributed by atoms with Gasteiger partial charge in [0, 0.05) is 13.6 Å². The fourth-order valence-corrected chi connectivity index (χ4v) is 1.31. The first-order chi connectivity index (χ1) is 7.10. The molecule has 0 heterocycles. The molecule has 0 saturated carbocycles. The highest BCUT2D eigenvalue weighted by Crippen LogP contribution is 2.17. The summed E-state index contributed by atoms with van der Waals surface area (Å²) in [5, 5.41) is 0. The Morgan fingerprint density at radius 2 is 2.20 bits per heavy atom. The predicted molar refractivity (Wildman–Crippen MR) is 61.6 cm³/mol. The molecule has 1 aromatic rings. The molecule has 0 spiro atoms. The Hall–Kier alpha value is -1.55. The summed E-state index contributed by atoms with van der Waals surface area (Å²) >= 11 is 0. The van der Waals surface area contributed by atoms with Crippen molar-refractivity contribution in [3.63, 3.8) is 0 Å². The molecule has 4 nitrogen and oxygen atoms in total. The molecule has 15 heavy (non-hydrogen) atoms. The highest BCUT2D eigenvalue weighted by molar-refractivity contribution is 5.99. The van der Waals surface area contributed by atoms with E-state index in [1.54, 1.807) is 18.0 Å². The van der Waals surface area contributed by atoms with Crippen LogP contribution in [0.1, 0.15) is 22.8 Å². The lowest BCUT2D eigenvalue weighted by atomic mass is 10.1. The normalized spacial score (nSPS) is 9.87. The molecule has 3 N–H and O–H groups in total. The number of amides is 1. The SMILES string of the molecule is CCN(C)C(=O)c1ccc(C)cc1NN. The number of hydrogen-bond acceptors (Lipinski definition) is 3. The first kappa shape index (κ1) is 11.5. The first-order valence-corrected chi connectivity index (χ1v) is 4.92. The molecular weight excluding hydrogens is 190 g/mol. The van der Waals surface area contributed by atoms with Gasteiger partial charge in [0.05, 0.1) is 11.3 Å². The molecule has 1 amide bonds. The van der Waals surface area contributed by atoms with Crippen molar-refractivity contribution in [1.29, 1.82) is 0 Å². The maximum atomic E-state index is 11.9. The average molecular weight is 207 g/mol. The molecule has 82 valence electrons. The number of nitrogens with one attached hydrogen (secondary N) is 1. The van der Waals surface area contributed by atoms with Gasteiger partial charge in [-0.05, 0) is 31.5 Å². The van der Waals surface area contributed by atoms with Crippen LogP contribution in [-0.4, -0.2) is 24.4 Å². The van der Waals surface area contributed by atoms with Crippen molar-refractivity contribution in [2.75, 3.05) is 19.0 Å². The van der Waals surface area contributed by atoms with Gasteiger partial charge in [0.1, 0.15) is 0 Å². The molecule has 0 fully saturated rings. The summed E-state index contributed by atoms with van der Waals surface area (Å²) < 4.78 is 0. The van der Waals surface area contributed by atoms with Gasteiger partial charge in [-0.2, -0.15) is 0 Å². The van der Waals surface area contributed by atoms with Gasteiger partial charge < -0.3 is 10.3 Å². The van der Waals surface area contributed by atoms with E-state index in [0.29, 0.717) is 17.8 Å². The van der Waals surface area contributed by atoms with Crippen LogP contribution in [0.4, 0.5) is 5.69 Å². The Balaban J connectivity index is 3.08. The molecule has 1 aromatic carbocycles. The summed E-state index contributed by atoms with van der Waals surface area (Å²) in [6.45, 7) is 4.57. The minimum absolute atomic E-state index is 0.0227. The Labute approximate surface area is 90.0 Å². The van der Waals surface area contributed by atoms with E-state index in [1.807, 2.05) is 26.0 Å². The van der Waals surface area contributed by atoms with E-state index >= 15 is 0 Å². The molecule has 0 atom stereocenters. The standard InChI is InChI=1S/C11H17N3O/c1-4-14(3)11(15)9-6-5-8(2)7-10(9)13-12/h5-7,13H,4,12H2,1-3H3. The number of carbonyl (C=O) groups excluding carboxylic acids is 1. The van der Waals surface area contributed by atoms with E-state index in [4.69, 9.17) is 5.84 Å². The monoisotopic (exact) mass is 207 g/mol. The van der Waals surface area contributed by atoms with Gasteiger partial charge >= 0.3 is 0 Å². The lowest BCUT2D eigenvalue weighted by Crippen LogP contribution is -2.27. The van der Waals surface area contributed by atoms with Crippen molar-refractivity contribution in [3.05, 3.63) is 29.3 Å².